The van der Waals surface area contributed by atoms with E-state index >= 15 is 0 Å². The Hall–Kier alpha value is -2.22. The number of hydrogen-bond acceptors (Lipinski definition) is 2. The van der Waals surface area contributed by atoms with Gasteiger partial charge in [0, 0.05) is 5.33 Å². The highest BCUT2D eigenvalue weighted by molar-refractivity contribution is 7.06. The molecule has 0 aliphatic rings. The first-order valence-electron chi connectivity index (χ1n) is 7.33. The summed E-state index contributed by atoms with van der Waals surface area (Å²) in [6, 6.07) is 6.23. The Balaban J connectivity index is 2.74. The number of hydrogen-bond donors (Lipinski definition) is 0. The molecule has 2 aromatic carbocycles. The van der Waals surface area contributed by atoms with Crippen molar-refractivity contribution in [3.05, 3.63) is 58.9 Å². The molecule has 0 fully saturated rings. The van der Waals surface area contributed by atoms with Crippen LogP contribution in [0.4, 0.5) is 27.6 Å². The number of halogens is 5. The number of benzene rings is 2. The molecule has 0 N–H and O–H groups in total. The second kappa shape index (κ2) is 6.95. The molecule has 0 saturated carbocycles. The lowest BCUT2D eigenvalue weighted by Crippen LogP contribution is -2.36. The smallest absolute Gasteiger partial charge is 0.200 e. The Labute approximate surface area is 143 Å². The van der Waals surface area contributed by atoms with Crippen molar-refractivity contribution in [3.63, 3.8) is 0 Å². The second-order valence-electron chi connectivity index (χ2n) is 6.35. The standard InChI is InChI=1S/C17H16F5NOSi/c1-24-10-7-5-9(6-8-10)23-17(25(2,3)4)11-12(18)14(20)16(22)15(21)13(11)19/h5-8H,1-4H3. The minimum Gasteiger partial charge on any atom is -0.497 e. The molecule has 25 heavy (non-hydrogen) atoms. The van der Waals surface area contributed by atoms with Crippen LogP contribution in [0.3, 0.4) is 0 Å². The number of aliphatic imine (C=N–C) groups is 1. The minimum atomic E-state index is -2.58. The molecule has 2 nitrogen and oxygen atoms in total. The monoisotopic (exact) mass is 373 g/mol. The zero-order valence-electron chi connectivity index (χ0n) is 14.1. The van der Waals surface area contributed by atoms with Gasteiger partial charge >= 0.3 is 0 Å². The van der Waals surface area contributed by atoms with Crippen LogP contribution in [-0.4, -0.2) is 20.5 Å². The summed E-state index contributed by atoms with van der Waals surface area (Å²) in [6.07, 6.45) is 0. The Morgan fingerprint density at radius 2 is 1.24 bits per heavy atom. The number of rotatable bonds is 4. The fraction of sp³-hybridized carbons (Fsp3) is 0.235. The maximum atomic E-state index is 14.2. The van der Waals surface area contributed by atoms with Gasteiger partial charge in [0.25, 0.3) is 0 Å². The molecule has 2 rings (SSSR count). The molecular weight excluding hydrogens is 357 g/mol. The van der Waals surface area contributed by atoms with Crippen molar-refractivity contribution >= 4 is 19.1 Å². The van der Waals surface area contributed by atoms with E-state index in [9.17, 15) is 22.0 Å². The van der Waals surface area contributed by atoms with Gasteiger partial charge in [0.1, 0.15) is 13.8 Å². The molecule has 134 valence electrons. The summed E-state index contributed by atoms with van der Waals surface area (Å²) in [4.78, 5) is 4.20. The zero-order valence-corrected chi connectivity index (χ0v) is 15.1. The van der Waals surface area contributed by atoms with Gasteiger partial charge in [-0.3, -0.25) is 4.99 Å². The second-order valence-corrected chi connectivity index (χ2v) is 11.3. The molecule has 0 atom stereocenters. The van der Waals surface area contributed by atoms with Gasteiger partial charge in [0.05, 0.1) is 18.4 Å². The maximum Gasteiger partial charge on any atom is 0.200 e. The van der Waals surface area contributed by atoms with Gasteiger partial charge in [-0.05, 0) is 24.3 Å². The fourth-order valence-electron chi connectivity index (χ4n) is 2.20. The summed E-state index contributed by atoms with van der Waals surface area (Å²) in [5, 5.41) is -0.120. The normalized spacial score (nSPS) is 12.4. The van der Waals surface area contributed by atoms with Gasteiger partial charge in [0.2, 0.25) is 5.82 Å². The van der Waals surface area contributed by atoms with E-state index in [2.05, 4.69) is 4.99 Å². The Morgan fingerprint density at radius 3 is 1.64 bits per heavy atom. The van der Waals surface area contributed by atoms with E-state index in [0.29, 0.717) is 11.4 Å². The third-order valence-electron chi connectivity index (χ3n) is 3.47. The van der Waals surface area contributed by atoms with Gasteiger partial charge in [-0.15, -0.1) is 0 Å². The SMILES string of the molecule is COc1ccc(N=C(c2c(F)c(F)c(F)c(F)c2F)[Si](C)(C)C)cc1. The van der Waals surface area contributed by atoms with Crippen molar-refractivity contribution in [1.82, 2.24) is 0 Å². The van der Waals surface area contributed by atoms with E-state index in [0.717, 1.165) is 0 Å². The van der Waals surface area contributed by atoms with Gasteiger partial charge in [0.15, 0.2) is 23.3 Å². The van der Waals surface area contributed by atoms with Gasteiger partial charge in [-0.2, -0.15) is 0 Å². The van der Waals surface area contributed by atoms with Crippen molar-refractivity contribution < 1.29 is 26.7 Å². The zero-order chi connectivity index (χ0) is 18.9. The van der Waals surface area contributed by atoms with Crippen LogP contribution in [0.15, 0.2) is 29.3 Å². The topological polar surface area (TPSA) is 21.6 Å². The molecule has 0 aromatic heterocycles. The number of methoxy groups -OCH3 is 1. The lowest BCUT2D eigenvalue weighted by atomic mass is 10.1. The Kier molecular flexibility index (Phi) is 5.31. The molecule has 0 spiro atoms. The van der Waals surface area contributed by atoms with Gasteiger partial charge < -0.3 is 4.74 Å². The fourth-order valence-corrected chi connectivity index (χ4v) is 3.63. The van der Waals surface area contributed by atoms with E-state index in [1.54, 1.807) is 31.8 Å². The van der Waals surface area contributed by atoms with Crippen LogP contribution in [0.1, 0.15) is 5.56 Å². The first kappa shape index (κ1) is 19.1. The summed E-state index contributed by atoms with van der Waals surface area (Å²) < 4.78 is 73.9. The number of ether oxygens (including phenoxy) is 1. The van der Waals surface area contributed by atoms with Gasteiger partial charge in [-0.25, -0.2) is 22.0 Å². The lowest BCUT2D eigenvalue weighted by molar-refractivity contribution is 0.377. The highest BCUT2D eigenvalue weighted by Gasteiger charge is 2.34. The van der Waals surface area contributed by atoms with Crippen LogP contribution in [0.5, 0.6) is 5.75 Å². The summed E-state index contributed by atoms with van der Waals surface area (Å²) in [5.74, 6) is -9.33. The van der Waals surface area contributed by atoms with E-state index in [-0.39, 0.29) is 5.33 Å². The summed E-state index contributed by atoms with van der Waals surface area (Å²) in [6.45, 7) is 5.11. The predicted octanol–water partition coefficient (Wildman–Crippen LogP) is 5.39. The van der Waals surface area contributed by atoms with Crippen molar-refractivity contribution in [2.75, 3.05) is 7.11 Å². The van der Waals surface area contributed by atoms with E-state index in [1.807, 2.05) is 0 Å². The average molecular weight is 373 g/mol. The van der Waals surface area contributed by atoms with Crippen LogP contribution in [0.2, 0.25) is 19.6 Å². The average Bonchev–Trinajstić information content (AvgIpc) is 2.57. The first-order chi connectivity index (χ1) is 11.6. The Morgan fingerprint density at radius 1 is 0.800 bits per heavy atom. The van der Waals surface area contributed by atoms with Crippen LogP contribution in [0, 0.1) is 29.1 Å². The van der Waals surface area contributed by atoms with E-state index < -0.39 is 42.7 Å². The van der Waals surface area contributed by atoms with Crippen molar-refractivity contribution in [2.45, 2.75) is 19.6 Å². The summed E-state index contributed by atoms with van der Waals surface area (Å²) in [7, 11) is -1.10. The van der Waals surface area contributed by atoms with Crippen molar-refractivity contribution in [1.29, 1.82) is 0 Å². The molecule has 0 radical (unpaired) electrons. The summed E-state index contributed by atoms with van der Waals surface area (Å²) >= 11 is 0. The molecule has 0 unspecified atom stereocenters. The molecule has 0 bridgehead atoms. The first-order valence-corrected chi connectivity index (χ1v) is 10.8. The quantitative estimate of drug-likeness (QED) is 0.232. The molecule has 8 heteroatoms. The molecular formula is C17H16F5NOSi. The Bertz CT molecular complexity index is 799. The van der Waals surface area contributed by atoms with Gasteiger partial charge in [-0.1, -0.05) is 19.6 Å². The van der Waals surface area contributed by atoms with E-state index in [4.69, 9.17) is 4.74 Å². The van der Waals surface area contributed by atoms with Crippen molar-refractivity contribution in [2.24, 2.45) is 4.99 Å². The largest absolute Gasteiger partial charge is 0.497 e. The minimum absolute atomic E-state index is 0.120. The summed E-state index contributed by atoms with van der Waals surface area (Å²) in [5.41, 5.74) is -0.645. The highest BCUT2D eigenvalue weighted by atomic mass is 28.3. The highest BCUT2D eigenvalue weighted by Crippen LogP contribution is 2.29. The predicted molar refractivity (Wildman–Crippen MR) is 88.8 cm³/mol. The van der Waals surface area contributed by atoms with Crippen LogP contribution in [-0.2, 0) is 0 Å². The third kappa shape index (κ3) is 3.73. The van der Waals surface area contributed by atoms with Crippen LogP contribution < -0.4 is 4.74 Å². The number of nitrogens with zero attached hydrogens (tertiary/aromatic N) is 1. The van der Waals surface area contributed by atoms with Crippen LogP contribution in [0.25, 0.3) is 0 Å². The van der Waals surface area contributed by atoms with Crippen LogP contribution >= 0.6 is 0 Å². The third-order valence-corrected chi connectivity index (χ3v) is 5.25. The lowest BCUT2D eigenvalue weighted by Gasteiger charge is -2.21. The molecule has 2 aromatic rings. The maximum absolute atomic E-state index is 14.2. The molecule has 0 saturated heterocycles. The molecule has 0 aliphatic heterocycles. The van der Waals surface area contributed by atoms with E-state index in [1.165, 1.54) is 19.2 Å². The van der Waals surface area contributed by atoms with Crippen molar-refractivity contribution in [3.8, 4) is 5.75 Å². The molecule has 0 aliphatic carbocycles. The molecule has 0 heterocycles. The molecule has 0 amide bonds.